The zero-order chi connectivity index (χ0) is 18.6. The van der Waals surface area contributed by atoms with E-state index in [1.165, 1.54) is 0 Å². The van der Waals surface area contributed by atoms with E-state index in [2.05, 4.69) is 20.4 Å². The number of carbonyl (C=O) groups is 1. The first-order valence-electron chi connectivity index (χ1n) is 9.62. The van der Waals surface area contributed by atoms with Crippen LogP contribution in [0.1, 0.15) is 42.7 Å². The van der Waals surface area contributed by atoms with Gasteiger partial charge in [0.15, 0.2) is 5.82 Å². The zero-order valence-corrected chi connectivity index (χ0v) is 15.6. The van der Waals surface area contributed by atoms with Crippen molar-refractivity contribution < 1.29 is 18.5 Å². The molecular formula is C19H26N4O4. The van der Waals surface area contributed by atoms with Crippen molar-refractivity contribution in [2.24, 2.45) is 5.92 Å². The Kier molecular flexibility index (Phi) is 5.54. The smallest absolute Gasteiger partial charge is 0.231 e. The molecule has 4 heterocycles. The molecule has 4 rings (SSSR count). The predicted octanol–water partition coefficient (Wildman–Crippen LogP) is 1.87. The molecule has 0 spiro atoms. The lowest BCUT2D eigenvalue weighted by Gasteiger charge is -2.37. The first-order valence-corrected chi connectivity index (χ1v) is 9.62. The second kappa shape index (κ2) is 8.22. The van der Waals surface area contributed by atoms with E-state index in [0.29, 0.717) is 24.9 Å². The van der Waals surface area contributed by atoms with Gasteiger partial charge in [0.1, 0.15) is 5.76 Å². The number of likely N-dealkylation sites (tertiary alicyclic amines) is 1. The number of rotatable bonds is 5. The van der Waals surface area contributed by atoms with E-state index in [1.54, 1.807) is 6.26 Å². The second-order valence-corrected chi connectivity index (χ2v) is 7.39. The molecule has 2 fully saturated rings. The van der Waals surface area contributed by atoms with Gasteiger partial charge in [-0.15, -0.1) is 0 Å². The van der Waals surface area contributed by atoms with Gasteiger partial charge in [-0.25, -0.2) is 0 Å². The summed E-state index contributed by atoms with van der Waals surface area (Å²) < 4.78 is 16.3. The summed E-state index contributed by atoms with van der Waals surface area (Å²) >= 11 is 0. The maximum absolute atomic E-state index is 12.8. The maximum atomic E-state index is 12.8. The van der Waals surface area contributed by atoms with Crippen molar-refractivity contribution in [2.75, 3.05) is 26.3 Å². The summed E-state index contributed by atoms with van der Waals surface area (Å²) in [5.41, 5.74) is 0. The van der Waals surface area contributed by atoms with E-state index in [1.807, 2.05) is 19.1 Å². The van der Waals surface area contributed by atoms with Crippen molar-refractivity contribution in [3.05, 3.63) is 35.9 Å². The highest BCUT2D eigenvalue weighted by atomic mass is 16.5. The summed E-state index contributed by atoms with van der Waals surface area (Å²) in [5, 5.41) is 7.19. The third-order valence-corrected chi connectivity index (χ3v) is 5.44. The molecule has 2 aliphatic rings. The Morgan fingerprint density at radius 1 is 1.33 bits per heavy atom. The molecule has 0 saturated carbocycles. The number of hydrogen-bond acceptors (Lipinski definition) is 7. The third kappa shape index (κ3) is 4.39. The molecule has 2 saturated heterocycles. The van der Waals surface area contributed by atoms with Crippen molar-refractivity contribution in [3.8, 4) is 0 Å². The molecule has 0 aliphatic carbocycles. The Bertz CT molecular complexity index is 739. The average molecular weight is 374 g/mol. The molecule has 27 heavy (non-hydrogen) atoms. The molecule has 1 N–H and O–H groups in total. The van der Waals surface area contributed by atoms with E-state index in [-0.39, 0.29) is 23.8 Å². The van der Waals surface area contributed by atoms with Crippen molar-refractivity contribution in [3.63, 3.8) is 0 Å². The van der Waals surface area contributed by atoms with Gasteiger partial charge in [0.2, 0.25) is 11.8 Å². The fraction of sp³-hybridized carbons (Fsp3) is 0.632. The number of hydrogen-bond donors (Lipinski definition) is 1. The molecule has 2 atom stereocenters. The van der Waals surface area contributed by atoms with Crippen LogP contribution in [0.15, 0.2) is 27.3 Å². The highest BCUT2D eigenvalue weighted by molar-refractivity contribution is 5.79. The van der Waals surface area contributed by atoms with Gasteiger partial charge in [0.25, 0.3) is 0 Å². The monoisotopic (exact) mass is 374 g/mol. The number of piperidine rings is 1. The van der Waals surface area contributed by atoms with Crippen LogP contribution in [0.25, 0.3) is 0 Å². The van der Waals surface area contributed by atoms with Crippen LogP contribution in [0.3, 0.4) is 0 Å². The van der Waals surface area contributed by atoms with Gasteiger partial charge in [0, 0.05) is 25.7 Å². The summed E-state index contributed by atoms with van der Waals surface area (Å²) in [4.78, 5) is 19.5. The minimum atomic E-state index is -0.0658. The normalized spacial score (nSPS) is 24.8. The molecule has 0 unspecified atom stereocenters. The number of nitrogens with one attached hydrogen (secondary N) is 1. The van der Waals surface area contributed by atoms with Gasteiger partial charge in [0.05, 0.1) is 24.8 Å². The van der Waals surface area contributed by atoms with Crippen LogP contribution in [0, 0.1) is 12.8 Å². The van der Waals surface area contributed by atoms with Crippen LogP contribution < -0.4 is 5.32 Å². The number of aromatic nitrogens is 2. The molecule has 0 aromatic carbocycles. The molecule has 2 aromatic rings. The SMILES string of the molecule is Cc1noc([C@H]2CCN(Cc3ccco3)C[C@H]2NC(=O)C2CCOCC2)n1. The Morgan fingerprint density at radius 2 is 2.19 bits per heavy atom. The minimum absolute atomic E-state index is 0.0178. The third-order valence-electron chi connectivity index (χ3n) is 5.44. The Morgan fingerprint density at radius 3 is 2.89 bits per heavy atom. The molecule has 8 nitrogen and oxygen atoms in total. The predicted molar refractivity (Wildman–Crippen MR) is 95.9 cm³/mol. The first-order chi connectivity index (χ1) is 13.2. The van der Waals surface area contributed by atoms with E-state index in [0.717, 1.165) is 44.7 Å². The van der Waals surface area contributed by atoms with Crippen molar-refractivity contribution in [1.29, 1.82) is 0 Å². The highest BCUT2D eigenvalue weighted by Crippen LogP contribution is 2.29. The largest absolute Gasteiger partial charge is 0.468 e. The quantitative estimate of drug-likeness (QED) is 0.854. The second-order valence-electron chi connectivity index (χ2n) is 7.39. The molecule has 2 aliphatic heterocycles. The van der Waals surface area contributed by atoms with Gasteiger partial charge in [-0.2, -0.15) is 4.98 Å². The summed E-state index contributed by atoms with van der Waals surface area (Å²) in [6.45, 7) is 5.46. The van der Waals surface area contributed by atoms with Crippen LogP contribution in [0.4, 0.5) is 0 Å². The number of amides is 1. The van der Waals surface area contributed by atoms with Gasteiger partial charge < -0.3 is 19.0 Å². The van der Waals surface area contributed by atoms with Crippen molar-refractivity contribution >= 4 is 5.91 Å². The molecule has 146 valence electrons. The lowest BCUT2D eigenvalue weighted by Crippen LogP contribution is -2.53. The number of carbonyl (C=O) groups excluding carboxylic acids is 1. The molecular weight excluding hydrogens is 348 g/mol. The number of nitrogens with zero attached hydrogens (tertiary/aromatic N) is 3. The van der Waals surface area contributed by atoms with Crippen LogP contribution >= 0.6 is 0 Å². The van der Waals surface area contributed by atoms with E-state index < -0.39 is 0 Å². The van der Waals surface area contributed by atoms with Crippen molar-refractivity contribution in [1.82, 2.24) is 20.4 Å². The van der Waals surface area contributed by atoms with Crippen LogP contribution in [0.5, 0.6) is 0 Å². The topological polar surface area (TPSA) is 93.6 Å². The van der Waals surface area contributed by atoms with Gasteiger partial charge >= 0.3 is 0 Å². The molecule has 0 radical (unpaired) electrons. The molecule has 0 bridgehead atoms. The Balaban J connectivity index is 1.46. The molecule has 8 heteroatoms. The van der Waals surface area contributed by atoms with Gasteiger partial charge in [-0.3, -0.25) is 9.69 Å². The number of aryl methyl sites for hydroxylation is 1. The summed E-state index contributed by atoms with van der Waals surface area (Å²) in [5.74, 6) is 2.31. The van der Waals surface area contributed by atoms with Gasteiger partial charge in [-0.1, -0.05) is 5.16 Å². The molecule has 1 amide bonds. The Hall–Kier alpha value is -2.19. The number of ether oxygens (including phenoxy) is 1. The van der Waals surface area contributed by atoms with Gasteiger partial charge in [-0.05, 0) is 44.9 Å². The fourth-order valence-electron chi connectivity index (χ4n) is 3.95. The minimum Gasteiger partial charge on any atom is -0.468 e. The van der Waals surface area contributed by atoms with Crippen molar-refractivity contribution in [2.45, 2.75) is 44.7 Å². The van der Waals surface area contributed by atoms with E-state index >= 15 is 0 Å². The lowest BCUT2D eigenvalue weighted by molar-refractivity contribution is -0.129. The van der Waals surface area contributed by atoms with Crippen LogP contribution in [-0.2, 0) is 16.1 Å². The van der Waals surface area contributed by atoms with Crippen LogP contribution in [-0.4, -0.2) is 53.3 Å². The first kappa shape index (κ1) is 18.2. The van der Waals surface area contributed by atoms with E-state index in [4.69, 9.17) is 13.7 Å². The number of furan rings is 1. The van der Waals surface area contributed by atoms with Crippen LogP contribution in [0.2, 0.25) is 0 Å². The fourth-order valence-corrected chi connectivity index (χ4v) is 3.95. The lowest BCUT2D eigenvalue weighted by atomic mass is 9.90. The Labute approximate surface area is 158 Å². The zero-order valence-electron chi connectivity index (χ0n) is 15.6. The average Bonchev–Trinajstić information content (AvgIpc) is 3.34. The summed E-state index contributed by atoms with van der Waals surface area (Å²) in [6.07, 6.45) is 4.09. The highest BCUT2D eigenvalue weighted by Gasteiger charge is 2.36. The molecule has 2 aromatic heterocycles. The standard InChI is InChI=1S/C19H26N4O4/c1-13-20-19(27-22-13)16-4-7-23(11-15-3-2-8-26-15)12-17(16)21-18(24)14-5-9-25-10-6-14/h2-3,8,14,16-17H,4-7,9-12H2,1H3,(H,21,24)/t16-,17+/m0/s1. The summed E-state index contributed by atoms with van der Waals surface area (Å²) in [6, 6.07) is 3.81. The summed E-state index contributed by atoms with van der Waals surface area (Å²) in [7, 11) is 0. The maximum Gasteiger partial charge on any atom is 0.231 e. The van der Waals surface area contributed by atoms with E-state index in [9.17, 15) is 4.79 Å².